The minimum absolute atomic E-state index is 0.0890. The molecule has 1 saturated carbocycles. The van der Waals surface area contributed by atoms with Crippen molar-refractivity contribution in [3.8, 4) is 0 Å². The molecule has 1 heterocycles. The van der Waals surface area contributed by atoms with Gasteiger partial charge in [0.1, 0.15) is 5.82 Å². The lowest BCUT2D eigenvalue weighted by Crippen LogP contribution is -2.26. The fraction of sp³-hybridized carbons (Fsp3) is 0.571. The lowest BCUT2D eigenvalue weighted by Gasteiger charge is -2.28. The molecule has 0 atom stereocenters. The lowest BCUT2D eigenvalue weighted by molar-refractivity contribution is 0.0691. The highest BCUT2D eigenvalue weighted by Gasteiger charge is 2.20. The zero-order valence-electron chi connectivity index (χ0n) is 11.0. The Morgan fingerprint density at radius 1 is 1.42 bits per heavy atom. The van der Waals surface area contributed by atoms with Crippen LogP contribution >= 0.6 is 11.6 Å². The van der Waals surface area contributed by atoms with Crippen LogP contribution in [-0.2, 0) is 0 Å². The zero-order valence-corrected chi connectivity index (χ0v) is 11.8. The molecule has 5 heteroatoms. The van der Waals surface area contributed by atoms with Crippen LogP contribution in [0.15, 0.2) is 12.1 Å². The fourth-order valence-corrected chi connectivity index (χ4v) is 2.78. The molecule has 1 aliphatic carbocycles. The van der Waals surface area contributed by atoms with E-state index in [4.69, 9.17) is 16.7 Å². The SMILES string of the molecule is CCC1CCC(Nc2ccc(Cl)c(C(=O)O)n2)CC1. The molecule has 1 aliphatic rings. The van der Waals surface area contributed by atoms with Gasteiger partial charge in [-0.25, -0.2) is 9.78 Å². The van der Waals surface area contributed by atoms with Gasteiger partial charge in [-0.3, -0.25) is 0 Å². The number of nitrogens with zero attached hydrogens (tertiary/aromatic N) is 1. The highest BCUT2D eigenvalue weighted by molar-refractivity contribution is 6.33. The van der Waals surface area contributed by atoms with Gasteiger partial charge in [0.15, 0.2) is 5.69 Å². The molecule has 0 saturated heterocycles. The topological polar surface area (TPSA) is 62.2 Å². The van der Waals surface area contributed by atoms with E-state index in [0.29, 0.717) is 11.9 Å². The molecule has 2 N–H and O–H groups in total. The van der Waals surface area contributed by atoms with Gasteiger partial charge in [0.05, 0.1) is 5.02 Å². The Morgan fingerprint density at radius 2 is 2.11 bits per heavy atom. The van der Waals surface area contributed by atoms with E-state index < -0.39 is 5.97 Å². The summed E-state index contributed by atoms with van der Waals surface area (Å²) in [5, 5.41) is 12.5. The van der Waals surface area contributed by atoms with Crippen LogP contribution in [0.2, 0.25) is 5.02 Å². The summed E-state index contributed by atoms with van der Waals surface area (Å²) in [6, 6.07) is 3.71. The third kappa shape index (κ3) is 3.60. The summed E-state index contributed by atoms with van der Waals surface area (Å²) in [5.41, 5.74) is -0.0890. The first-order chi connectivity index (χ1) is 9.10. The van der Waals surface area contributed by atoms with Crippen LogP contribution < -0.4 is 5.32 Å². The van der Waals surface area contributed by atoms with E-state index in [1.807, 2.05) is 0 Å². The van der Waals surface area contributed by atoms with Gasteiger partial charge in [-0.1, -0.05) is 24.9 Å². The van der Waals surface area contributed by atoms with E-state index in [1.165, 1.54) is 19.3 Å². The number of halogens is 1. The van der Waals surface area contributed by atoms with Crippen molar-refractivity contribution in [2.75, 3.05) is 5.32 Å². The number of carbonyl (C=O) groups is 1. The number of aromatic nitrogens is 1. The number of aromatic carboxylic acids is 1. The van der Waals surface area contributed by atoms with Gasteiger partial charge < -0.3 is 10.4 Å². The second kappa shape index (κ2) is 6.24. The van der Waals surface area contributed by atoms with Crippen LogP contribution in [-0.4, -0.2) is 22.1 Å². The minimum Gasteiger partial charge on any atom is -0.476 e. The fourth-order valence-electron chi connectivity index (χ4n) is 2.60. The molecule has 1 fully saturated rings. The van der Waals surface area contributed by atoms with Crippen molar-refractivity contribution in [1.82, 2.24) is 4.98 Å². The van der Waals surface area contributed by atoms with Gasteiger partial charge in [0.2, 0.25) is 0 Å². The monoisotopic (exact) mass is 282 g/mol. The van der Waals surface area contributed by atoms with E-state index in [0.717, 1.165) is 18.8 Å². The minimum atomic E-state index is -1.09. The Morgan fingerprint density at radius 3 is 2.68 bits per heavy atom. The van der Waals surface area contributed by atoms with Crippen molar-refractivity contribution in [2.24, 2.45) is 5.92 Å². The van der Waals surface area contributed by atoms with E-state index >= 15 is 0 Å². The maximum absolute atomic E-state index is 11.0. The third-order valence-corrected chi connectivity index (χ3v) is 4.13. The molecule has 4 nitrogen and oxygen atoms in total. The molecule has 1 aromatic heterocycles. The standard InChI is InChI=1S/C14H19ClN2O2/c1-2-9-3-5-10(6-4-9)16-12-8-7-11(15)13(17-12)14(18)19/h7-10H,2-6H2,1H3,(H,16,17)(H,18,19). The summed E-state index contributed by atoms with van der Waals surface area (Å²) < 4.78 is 0. The van der Waals surface area contributed by atoms with Crippen molar-refractivity contribution in [1.29, 1.82) is 0 Å². The Kier molecular flexibility index (Phi) is 4.64. The van der Waals surface area contributed by atoms with Crippen LogP contribution in [0.3, 0.4) is 0 Å². The Hall–Kier alpha value is -1.29. The van der Waals surface area contributed by atoms with Crippen LogP contribution in [0.4, 0.5) is 5.82 Å². The van der Waals surface area contributed by atoms with Gasteiger partial charge in [0.25, 0.3) is 0 Å². The summed E-state index contributed by atoms with van der Waals surface area (Å²) >= 11 is 5.80. The molecule has 0 aliphatic heterocycles. The molecule has 2 rings (SSSR count). The first-order valence-corrected chi connectivity index (χ1v) is 7.14. The first kappa shape index (κ1) is 14.1. The number of rotatable bonds is 4. The highest BCUT2D eigenvalue weighted by Crippen LogP contribution is 2.28. The van der Waals surface area contributed by atoms with Gasteiger partial charge in [-0.2, -0.15) is 0 Å². The normalized spacial score (nSPS) is 23.1. The molecule has 0 radical (unpaired) electrons. The molecule has 1 aromatic rings. The zero-order chi connectivity index (χ0) is 13.8. The molecule has 0 spiro atoms. The second-order valence-electron chi connectivity index (χ2n) is 5.10. The number of hydrogen-bond donors (Lipinski definition) is 2. The van der Waals surface area contributed by atoms with Gasteiger partial charge >= 0.3 is 5.97 Å². The van der Waals surface area contributed by atoms with Crippen molar-refractivity contribution < 1.29 is 9.90 Å². The lowest BCUT2D eigenvalue weighted by atomic mass is 9.84. The summed E-state index contributed by atoms with van der Waals surface area (Å²) in [6.07, 6.45) is 5.94. The second-order valence-corrected chi connectivity index (χ2v) is 5.51. The molecule has 0 aromatic carbocycles. The Balaban J connectivity index is 2.00. The van der Waals surface area contributed by atoms with Crippen molar-refractivity contribution in [2.45, 2.75) is 45.1 Å². The summed E-state index contributed by atoms with van der Waals surface area (Å²) in [6.45, 7) is 2.23. The number of nitrogens with one attached hydrogen (secondary N) is 1. The molecule has 104 valence electrons. The number of anilines is 1. The predicted molar refractivity (Wildman–Crippen MR) is 75.9 cm³/mol. The van der Waals surface area contributed by atoms with Crippen molar-refractivity contribution in [3.05, 3.63) is 22.8 Å². The summed E-state index contributed by atoms with van der Waals surface area (Å²) in [7, 11) is 0. The Labute approximate surface area is 118 Å². The maximum atomic E-state index is 11.0. The van der Waals surface area contributed by atoms with Gasteiger partial charge in [0, 0.05) is 6.04 Å². The number of pyridine rings is 1. The molecule has 0 amide bonds. The van der Waals surface area contributed by atoms with Crippen LogP contribution in [0.5, 0.6) is 0 Å². The maximum Gasteiger partial charge on any atom is 0.356 e. The first-order valence-electron chi connectivity index (χ1n) is 6.76. The summed E-state index contributed by atoms with van der Waals surface area (Å²) in [4.78, 5) is 15.0. The van der Waals surface area contributed by atoms with E-state index in [-0.39, 0.29) is 10.7 Å². The molecular weight excluding hydrogens is 264 g/mol. The third-order valence-electron chi connectivity index (χ3n) is 3.82. The molecular formula is C14H19ClN2O2. The average Bonchev–Trinajstić information content (AvgIpc) is 2.41. The van der Waals surface area contributed by atoms with Crippen LogP contribution in [0.1, 0.15) is 49.5 Å². The van der Waals surface area contributed by atoms with Gasteiger partial charge in [-0.15, -0.1) is 0 Å². The van der Waals surface area contributed by atoms with E-state index in [9.17, 15) is 4.79 Å². The van der Waals surface area contributed by atoms with Crippen molar-refractivity contribution >= 4 is 23.4 Å². The Bertz CT molecular complexity index is 457. The molecule has 0 unspecified atom stereocenters. The van der Waals surface area contributed by atoms with Gasteiger partial charge in [-0.05, 0) is 43.7 Å². The van der Waals surface area contributed by atoms with Crippen LogP contribution in [0.25, 0.3) is 0 Å². The van der Waals surface area contributed by atoms with Crippen molar-refractivity contribution in [3.63, 3.8) is 0 Å². The van der Waals surface area contributed by atoms with Crippen LogP contribution in [0, 0.1) is 5.92 Å². The van der Waals surface area contributed by atoms with E-state index in [1.54, 1.807) is 12.1 Å². The summed E-state index contributed by atoms with van der Waals surface area (Å²) in [5.74, 6) is 0.343. The predicted octanol–water partition coefficient (Wildman–Crippen LogP) is 3.81. The van der Waals surface area contributed by atoms with E-state index in [2.05, 4.69) is 17.2 Å². The number of carboxylic acid groups (broad SMARTS) is 1. The largest absolute Gasteiger partial charge is 0.476 e. The quantitative estimate of drug-likeness (QED) is 0.881. The average molecular weight is 283 g/mol. The smallest absolute Gasteiger partial charge is 0.356 e. The highest BCUT2D eigenvalue weighted by atomic mass is 35.5. The molecule has 0 bridgehead atoms. The number of hydrogen-bond acceptors (Lipinski definition) is 3. The molecule has 19 heavy (non-hydrogen) atoms. The number of carboxylic acids is 1.